The number of nitrogens with two attached hydrogens (primary N) is 2. The zero-order valence-electron chi connectivity index (χ0n) is 44.0. The molecule has 0 bridgehead atoms. The van der Waals surface area contributed by atoms with Crippen molar-refractivity contribution in [2.24, 2.45) is 11.5 Å². The number of halogens is 2. The van der Waals surface area contributed by atoms with Gasteiger partial charge in [-0.25, -0.2) is 9.97 Å². The van der Waals surface area contributed by atoms with Gasteiger partial charge < -0.3 is 50.8 Å². The number of aliphatic hydroxyl groups is 4. The molecule has 0 radical (unpaired) electrons. The molecule has 8 N–H and O–H groups in total. The quantitative estimate of drug-likeness (QED) is 0.0346. The number of nitrogens with zero attached hydrogens (tertiary/aromatic N) is 4. The fraction of sp³-hybridized carbons (Fsp3) is 0.345. The molecule has 2 atom stereocenters. The lowest BCUT2D eigenvalue weighted by Crippen LogP contribution is -2.31. The van der Waals surface area contributed by atoms with E-state index >= 15 is 0 Å². The lowest BCUT2D eigenvalue weighted by Gasteiger charge is -2.27. The molecule has 0 saturated heterocycles. The minimum atomic E-state index is -1.41. The number of ketones is 2. The van der Waals surface area contributed by atoms with Crippen LogP contribution in [-0.4, -0.2) is 82.6 Å². The van der Waals surface area contributed by atoms with Gasteiger partial charge in [0.25, 0.3) is 0 Å². The van der Waals surface area contributed by atoms with Gasteiger partial charge in [0, 0.05) is 46.2 Å². The number of carbonyl (C=O) groups excluding carboxylic acids is 2. The molecule has 2 aromatic heterocycles. The van der Waals surface area contributed by atoms with Gasteiger partial charge in [-0.05, 0) is 150 Å². The van der Waals surface area contributed by atoms with Crippen LogP contribution in [0.5, 0.6) is 23.0 Å². The average molecular weight is 1080 g/mol. The molecule has 6 rings (SSSR count). The molecule has 0 aliphatic carbocycles. The highest BCUT2D eigenvalue weighted by Crippen LogP contribution is 2.36. The molecular weight excluding hydrogens is 1010 g/mol. The number of methoxy groups -OCH3 is 2. The van der Waals surface area contributed by atoms with Gasteiger partial charge in [-0.2, -0.15) is 10.5 Å². The number of benzene rings is 4. The molecule has 2 heterocycles. The summed E-state index contributed by atoms with van der Waals surface area (Å²) in [6, 6.07) is 35.2. The van der Waals surface area contributed by atoms with Crippen molar-refractivity contribution >= 4 is 36.4 Å². The highest BCUT2D eigenvalue weighted by Gasteiger charge is 2.31. The molecule has 0 fully saturated rings. The van der Waals surface area contributed by atoms with Gasteiger partial charge in [0.2, 0.25) is 0 Å². The summed E-state index contributed by atoms with van der Waals surface area (Å²) >= 11 is 0. The number of hydrogen-bond acceptors (Lipinski definition) is 16. The summed E-state index contributed by atoms with van der Waals surface area (Å²) < 4.78 is 21.5. The van der Waals surface area contributed by atoms with Crippen LogP contribution in [-0.2, 0) is 22.3 Å². The summed E-state index contributed by atoms with van der Waals surface area (Å²) in [5.41, 5.74) is 15.7. The molecule has 0 aliphatic rings. The fourth-order valence-electron chi connectivity index (χ4n) is 7.57. The van der Waals surface area contributed by atoms with E-state index in [4.69, 9.17) is 61.1 Å². The van der Waals surface area contributed by atoms with Crippen LogP contribution in [0.4, 0.5) is 0 Å². The molecule has 76 heavy (non-hydrogen) atoms. The SMILES string of the molecule is COc1cc(C(=O)CC[C@@](C)(O)c2cc(C(C)(C)N)cc(-c3ccc(C#N)cc3)n2)ccc1OCCO.COc1cc(C(=O)CC[C@](C)(O)c2cc(C(C)(C)N)cc(-c3ccc(C#N)cc3)n2)ccc1OCCO.Cl.Cl. The Morgan fingerprint density at radius 1 is 0.539 bits per heavy atom. The predicted octanol–water partition coefficient (Wildman–Crippen LogP) is 8.97. The zero-order valence-corrected chi connectivity index (χ0v) is 45.7. The maximum absolute atomic E-state index is 13.0. The van der Waals surface area contributed by atoms with Gasteiger partial charge in [-0.15, -0.1) is 24.8 Å². The molecule has 4 aromatic carbocycles. The van der Waals surface area contributed by atoms with Crippen LogP contribution in [0.1, 0.15) is 122 Å². The number of hydrogen-bond donors (Lipinski definition) is 6. The van der Waals surface area contributed by atoms with E-state index in [1.165, 1.54) is 14.2 Å². The second-order valence-electron chi connectivity index (χ2n) is 19.3. The molecule has 16 nitrogen and oxygen atoms in total. The summed E-state index contributed by atoms with van der Waals surface area (Å²) in [4.78, 5) is 35.4. The van der Waals surface area contributed by atoms with Crippen molar-refractivity contribution in [3.05, 3.63) is 154 Å². The van der Waals surface area contributed by atoms with E-state index in [0.29, 0.717) is 68.0 Å². The van der Waals surface area contributed by atoms with Crippen LogP contribution in [0.2, 0.25) is 0 Å². The van der Waals surface area contributed by atoms with Crippen molar-refractivity contribution < 1.29 is 49.0 Å². The molecule has 0 spiro atoms. The van der Waals surface area contributed by atoms with Crippen LogP contribution in [0.15, 0.2) is 109 Å². The van der Waals surface area contributed by atoms with E-state index in [9.17, 15) is 19.8 Å². The molecule has 0 saturated carbocycles. The largest absolute Gasteiger partial charge is 0.493 e. The van der Waals surface area contributed by atoms with Crippen LogP contribution >= 0.6 is 24.8 Å². The number of carbonyl (C=O) groups is 2. The molecular formula is C58H68Cl2N6O10. The molecule has 18 heteroatoms. The summed E-state index contributed by atoms with van der Waals surface area (Å²) in [5, 5.41) is 58.9. The Labute approximate surface area is 457 Å². The maximum Gasteiger partial charge on any atom is 0.163 e. The monoisotopic (exact) mass is 1080 g/mol. The van der Waals surface area contributed by atoms with E-state index in [1.54, 1.807) is 111 Å². The van der Waals surface area contributed by atoms with Crippen molar-refractivity contribution in [2.45, 2.75) is 89.5 Å². The minimum absolute atomic E-state index is 0. The number of nitriles is 2. The summed E-state index contributed by atoms with van der Waals surface area (Å²) in [6.07, 6.45) is 0.393. The molecule has 404 valence electrons. The van der Waals surface area contributed by atoms with Gasteiger partial charge in [0.15, 0.2) is 34.6 Å². The van der Waals surface area contributed by atoms with Crippen molar-refractivity contribution in [3.8, 4) is 57.7 Å². The Balaban J connectivity index is 0.000000390. The van der Waals surface area contributed by atoms with Gasteiger partial charge in [0.05, 0.1) is 73.5 Å². The molecule has 0 amide bonds. The molecule has 0 unspecified atom stereocenters. The third-order valence-electron chi connectivity index (χ3n) is 12.2. The van der Waals surface area contributed by atoms with Crippen molar-refractivity contribution in [2.75, 3.05) is 40.6 Å². The Morgan fingerprint density at radius 2 is 0.882 bits per heavy atom. The van der Waals surface area contributed by atoms with Gasteiger partial charge in [-0.1, -0.05) is 24.3 Å². The standard InChI is InChI=1S/2C29H33N3O5.2ClH/c2*1-28(2,31)22-16-23(20-7-5-19(18-30)6-8-20)32-27(17-22)29(3,35)12-11-24(34)21-9-10-25(37-14-13-33)26(15-21)36-4;;/h2*5-10,15-17,33,35H,11-14,31H2,1-4H3;2*1H/t2*29-;;/m10../s1. The first-order chi connectivity index (χ1) is 35.0. The van der Waals surface area contributed by atoms with Gasteiger partial charge in [-0.3, -0.25) is 9.59 Å². The van der Waals surface area contributed by atoms with E-state index < -0.39 is 22.3 Å². The van der Waals surface area contributed by atoms with Crippen LogP contribution in [0.3, 0.4) is 0 Å². The second-order valence-corrected chi connectivity index (χ2v) is 19.3. The lowest BCUT2D eigenvalue weighted by molar-refractivity contribution is 0.0395. The first kappa shape index (κ1) is 63.3. The van der Waals surface area contributed by atoms with Crippen LogP contribution in [0, 0.1) is 22.7 Å². The van der Waals surface area contributed by atoms with E-state index in [2.05, 4.69) is 12.1 Å². The number of aromatic nitrogens is 2. The van der Waals surface area contributed by atoms with E-state index in [-0.39, 0.29) is 88.5 Å². The van der Waals surface area contributed by atoms with E-state index in [1.807, 2.05) is 39.8 Å². The normalized spacial score (nSPS) is 12.6. The maximum atomic E-state index is 13.0. The van der Waals surface area contributed by atoms with E-state index in [0.717, 1.165) is 22.3 Å². The van der Waals surface area contributed by atoms with Gasteiger partial charge in [0.1, 0.15) is 24.4 Å². The summed E-state index contributed by atoms with van der Waals surface area (Å²) in [5.74, 6) is 1.29. The molecule has 0 aliphatic heterocycles. The smallest absolute Gasteiger partial charge is 0.163 e. The summed E-state index contributed by atoms with van der Waals surface area (Å²) in [7, 11) is 2.95. The van der Waals surface area contributed by atoms with Crippen molar-refractivity contribution in [3.63, 3.8) is 0 Å². The Kier molecular flexibility index (Phi) is 23.1. The topological polar surface area (TPSA) is 277 Å². The highest BCUT2D eigenvalue weighted by molar-refractivity contribution is 5.97. The number of pyridine rings is 2. The van der Waals surface area contributed by atoms with Crippen LogP contribution < -0.4 is 30.4 Å². The molecule has 6 aromatic rings. The number of aliphatic hydroxyl groups excluding tert-OH is 2. The Morgan fingerprint density at radius 3 is 1.17 bits per heavy atom. The zero-order chi connectivity index (χ0) is 54.4. The number of Topliss-reactive ketones (excluding diaryl/α,β-unsaturated/α-hetero) is 2. The van der Waals surface area contributed by atoms with Crippen LogP contribution in [0.25, 0.3) is 22.5 Å². The Hall–Kier alpha value is -6.96. The fourth-order valence-corrected chi connectivity index (χ4v) is 7.57. The van der Waals surface area contributed by atoms with Crippen molar-refractivity contribution in [1.82, 2.24) is 9.97 Å². The lowest BCUT2D eigenvalue weighted by atomic mass is 9.88. The second kappa shape index (κ2) is 27.7. The predicted molar refractivity (Wildman–Crippen MR) is 295 cm³/mol. The average Bonchev–Trinajstić information content (AvgIpc) is 3.39. The highest BCUT2D eigenvalue weighted by atomic mass is 35.5. The first-order valence-electron chi connectivity index (χ1n) is 24.0. The third-order valence-corrected chi connectivity index (χ3v) is 12.2. The number of ether oxygens (including phenoxy) is 4. The summed E-state index contributed by atoms with van der Waals surface area (Å²) in [6.45, 7) is 10.7. The van der Waals surface area contributed by atoms with Gasteiger partial charge >= 0.3 is 0 Å². The minimum Gasteiger partial charge on any atom is -0.493 e. The Bertz CT molecular complexity index is 2790. The van der Waals surface area contributed by atoms with Crippen molar-refractivity contribution in [1.29, 1.82) is 10.5 Å². The first-order valence-corrected chi connectivity index (χ1v) is 24.0. The number of rotatable bonds is 22. The third kappa shape index (κ3) is 17.0.